The number of halogens is 4. The van der Waals surface area contributed by atoms with Gasteiger partial charge in [-0.2, -0.15) is 5.10 Å². The fraction of sp³-hybridized carbons (Fsp3) is 0.333. The van der Waals surface area contributed by atoms with Gasteiger partial charge in [-0.3, -0.25) is 9.69 Å². The third-order valence-electron chi connectivity index (χ3n) is 9.18. The Morgan fingerprint density at radius 2 is 2.02 bits per heavy atom. The van der Waals surface area contributed by atoms with Crippen molar-refractivity contribution in [3.8, 4) is 5.88 Å². The van der Waals surface area contributed by atoms with E-state index in [2.05, 4.69) is 26.1 Å². The molecule has 0 radical (unpaired) electrons. The molecule has 1 saturated carbocycles. The molecule has 0 unspecified atom stereocenters. The van der Waals surface area contributed by atoms with Gasteiger partial charge in [-0.1, -0.05) is 57.3 Å². The molecule has 3 aliphatic heterocycles. The molecule has 1 N–H and O–H groups in total. The van der Waals surface area contributed by atoms with Crippen molar-refractivity contribution in [3.05, 3.63) is 85.6 Å². The van der Waals surface area contributed by atoms with E-state index in [0.29, 0.717) is 41.2 Å². The van der Waals surface area contributed by atoms with E-state index in [1.807, 2.05) is 29.8 Å². The summed E-state index contributed by atoms with van der Waals surface area (Å²) >= 11 is 16.4. The molecule has 1 saturated heterocycles. The van der Waals surface area contributed by atoms with Gasteiger partial charge in [-0.05, 0) is 67.1 Å². The predicted molar refractivity (Wildman–Crippen MR) is 156 cm³/mol. The topological polar surface area (TPSA) is 59.4 Å². The van der Waals surface area contributed by atoms with Crippen LogP contribution in [0.2, 0.25) is 10.0 Å². The zero-order valence-corrected chi connectivity index (χ0v) is 24.5. The number of likely N-dealkylation sites (tertiary alicyclic amines) is 1. The molecule has 6 nitrogen and oxygen atoms in total. The first-order valence-corrected chi connectivity index (χ1v) is 15.0. The van der Waals surface area contributed by atoms with E-state index < -0.39 is 23.3 Å². The van der Waals surface area contributed by atoms with Crippen molar-refractivity contribution < 1.29 is 13.9 Å². The minimum absolute atomic E-state index is 0.0252. The van der Waals surface area contributed by atoms with Crippen LogP contribution in [0.25, 0.3) is 10.9 Å². The van der Waals surface area contributed by atoms with Crippen LogP contribution >= 0.6 is 39.1 Å². The number of amides is 1. The minimum Gasteiger partial charge on any atom is -0.476 e. The van der Waals surface area contributed by atoms with Crippen LogP contribution < -0.4 is 10.1 Å². The first-order valence-electron chi connectivity index (χ1n) is 13.4. The summed E-state index contributed by atoms with van der Waals surface area (Å²) in [5.41, 5.74) is 2.43. The van der Waals surface area contributed by atoms with Crippen LogP contribution in [0, 0.1) is 18.7 Å². The lowest BCUT2D eigenvalue weighted by Gasteiger charge is -2.39. The molecule has 3 aromatic carbocycles. The SMILES string of the molecule is Cc1c(Br)ccc2nn3c(c12)OC[C@H]1[C@@H]3[C@H](c2cccc(Cl)c2F)[C@]2(C(=O)Nc3cc(Cl)ccc32)N1CC1CC1. The number of nitrogens with zero attached hydrogens (tertiary/aromatic N) is 3. The van der Waals surface area contributed by atoms with Gasteiger partial charge in [0.15, 0.2) is 0 Å². The molecule has 1 aromatic heterocycles. The number of carbonyl (C=O) groups excluding carboxylic acids is 1. The maximum absolute atomic E-state index is 16.1. The molecule has 4 aromatic rings. The lowest BCUT2D eigenvalue weighted by Crippen LogP contribution is -2.54. The smallest absolute Gasteiger partial charge is 0.250 e. The summed E-state index contributed by atoms with van der Waals surface area (Å²) in [6.07, 6.45) is 2.19. The van der Waals surface area contributed by atoms with Crippen LogP contribution in [-0.2, 0) is 10.3 Å². The third kappa shape index (κ3) is 3.25. The summed E-state index contributed by atoms with van der Waals surface area (Å²) in [6.45, 7) is 3.07. The Morgan fingerprint density at radius 1 is 1.20 bits per heavy atom. The fourth-order valence-corrected chi connectivity index (χ4v) is 7.99. The van der Waals surface area contributed by atoms with Crippen molar-refractivity contribution in [2.45, 2.75) is 43.3 Å². The molecule has 10 heteroatoms. The number of fused-ring (bicyclic) bond motifs is 7. The van der Waals surface area contributed by atoms with Crippen molar-refractivity contribution in [1.82, 2.24) is 14.7 Å². The molecule has 204 valence electrons. The molecule has 8 rings (SSSR count). The largest absolute Gasteiger partial charge is 0.476 e. The second-order valence-corrected chi connectivity index (χ2v) is 13.0. The van der Waals surface area contributed by atoms with Crippen LogP contribution in [0.3, 0.4) is 0 Å². The van der Waals surface area contributed by atoms with Crippen LogP contribution in [0.1, 0.15) is 41.5 Å². The number of aryl methyl sites for hydroxylation is 1. The highest BCUT2D eigenvalue weighted by atomic mass is 79.9. The quantitative estimate of drug-likeness (QED) is 0.257. The molecule has 40 heavy (non-hydrogen) atoms. The van der Waals surface area contributed by atoms with Gasteiger partial charge >= 0.3 is 0 Å². The minimum atomic E-state index is -1.21. The Kier molecular flexibility index (Phi) is 5.44. The number of carbonyl (C=O) groups is 1. The van der Waals surface area contributed by atoms with Gasteiger partial charge in [-0.25, -0.2) is 9.07 Å². The maximum Gasteiger partial charge on any atom is 0.250 e. The maximum atomic E-state index is 16.1. The van der Waals surface area contributed by atoms with E-state index in [-0.39, 0.29) is 17.0 Å². The second kappa shape index (κ2) is 8.68. The summed E-state index contributed by atoms with van der Waals surface area (Å²) in [5, 5.41) is 9.61. The summed E-state index contributed by atoms with van der Waals surface area (Å²) in [7, 11) is 0. The normalized spacial score (nSPS) is 27.0. The molecule has 1 aliphatic carbocycles. The summed E-state index contributed by atoms with van der Waals surface area (Å²) < 4.78 is 25.5. The summed E-state index contributed by atoms with van der Waals surface area (Å²) in [4.78, 5) is 16.7. The molecule has 4 heterocycles. The third-order valence-corrected chi connectivity index (χ3v) is 10.6. The Hall–Kier alpha value is -2.65. The highest BCUT2D eigenvalue weighted by Gasteiger charge is 2.69. The molecule has 1 spiro atoms. The second-order valence-electron chi connectivity index (χ2n) is 11.3. The highest BCUT2D eigenvalue weighted by Crippen LogP contribution is 2.63. The zero-order chi connectivity index (χ0) is 27.5. The van der Waals surface area contributed by atoms with Crippen LogP contribution in [0.15, 0.2) is 53.0 Å². The van der Waals surface area contributed by atoms with E-state index in [9.17, 15) is 4.79 Å². The van der Waals surface area contributed by atoms with Gasteiger partial charge in [0.05, 0.1) is 28.0 Å². The highest BCUT2D eigenvalue weighted by molar-refractivity contribution is 9.10. The number of nitrogens with one attached hydrogen (secondary N) is 1. The number of ether oxygens (including phenoxy) is 1. The van der Waals surface area contributed by atoms with Gasteiger partial charge < -0.3 is 10.1 Å². The predicted octanol–water partition coefficient (Wildman–Crippen LogP) is 7.21. The Labute approximate surface area is 248 Å². The molecular weight excluding hydrogens is 618 g/mol. The number of rotatable bonds is 3. The van der Waals surface area contributed by atoms with Crippen molar-refractivity contribution in [2.75, 3.05) is 18.5 Å². The van der Waals surface area contributed by atoms with E-state index in [1.165, 1.54) is 0 Å². The Bertz CT molecular complexity index is 1760. The number of anilines is 1. The monoisotopic (exact) mass is 640 g/mol. The van der Waals surface area contributed by atoms with Gasteiger partial charge in [0.25, 0.3) is 0 Å². The lowest BCUT2D eigenvalue weighted by atomic mass is 9.73. The standard InChI is InChI=1S/C30H24BrCl2FN4O2/c1-14-19(31)9-10-21-24(14)28-38(36-21)27-23(13-40-28)37(12-15-5-6-15)30(25(27)17-3-2-4-20(33)26(17)34)18-8-7-16(32)11-22(18)35-29(30)39/h2-4,7-11,15,23,25,27H,5-6,12-13H2,1H3,(H,35,39)/t23-,25-,27+,30+/m0/s1. The first kappa shape index (κ1) is 25.1. The lowest BCUT2D eigenvalue weighted by molar-refractivity contribution is -0.128. The Balaban J connectivity index is 1.46. The van der Waals surface area contributed by atoms with Crippen molar-refractivity contribution in [2.24, 2.45) is 5.92 Å². The number of aromatic nitrogens is 2. The van der Waals surface area contributed by atoms with Crippen LogP contribution in [0.4, 0.5) is 10.1 Å². The van der Waals surface area contributed by atoms with Crippen LogP contribution in [-0.4, -0.2) is 39.8 Å². The number of hydrogen-bond donors (Lipinski definition) is 1. The zero-order valence-electron chi connectivity index (χ0n) is 21.4. The number of hydrogen-bond acceptors (Lipinski definition) is 4. The van der Waals surface area contributed by atoms with E-state index in [0.717, 1.165) is 39.3 Å². The molecule has 0 bridgehead atoms. The van der Waals surface area contributed by atoms with Gasteiger partial charge in [0, 0.05) is 33.2 Å². The average molecular weight is 642 g/mol. The van der Waals surface area contributed by atoms with Crippen molar-refractivity contribution in [3.63, 3.8) is 0 Å². The Morgan fingerprint density at radius 3 is 2.83 bits per heavy atom. The van der Waals surface area contributed by atoms with E-state index in [4.69, 9.17) is 33.0 Å². The van der Waals surface area contributed by atoms with Crippen molar-refractivity contribution in [1.29, 1.82) is 0 Å². The average Bonchev–Trinajstić information content (AvgIpc) is 3.51. The van der Waals surface area contributed by atoms with E-state index >= 15 is 4.39 Å². The molecule has 2 fully saturated rings. The summed E-state index contributed by atoms with van der Waals surface area (Å²) in [6, 6.07) is 13.8. The van der Waals surface area contributed by atoms with Gasteiger partial charge in [-0.15, -0.1) is 0 Å². The van der Waals surface area contributed by atoms with Crippen molar-refractivity contribution >= 4 is 61.6 Å². The first-order chi connectivity index (χ1) is 19.3. The number of benzene rings is 3. The molecule has 4 aliphatic rings. The van der Waals surface area contributed by atoms with Crippen LogP contribution in [0.5, 0.6) is 5.88 Å². The van der Waals surface area contributed by atoms with E-state index in [1.54, 1.807) is 30.3 Å². The van der Waals surface area contributed by atoms with Gasteiger partial charge in [0.2, 0.25) is 11.8 Å². The molecule has 1 amide bonds. The molecular formula is C30H24BrCl2FN4O2. The summed E-state index contributed by atoms with van der Waals surface area (Å²) in [5.74, 6) is -0.250. The molecule has 4 atom stereocenters. The van der Waals surface area contributed by atoms with Gasteiger partial charge in [0.1, 0.15) is 18.0 Å². The fourth-order valence-electron chi connectivity index (χ4n) is 7.31.